The highest BCUT2D eigenvalue weighted by molar-refractivity contribution is 6.32. The van der Waals surface area contributed by atoms with Crippen LogP contribution >= 0.6 is 23.2 Å². The van der Waals surface area contributed by atoms with Gasteiger partial charge >= 0.3 is 0 Å². The van der Waals surface area contributed by atoms with E-state index in [0.717, 1.165) is 5.56 Å². The molecule has 0 atom stereocenters. The number of hydrogen-bond donors (Lipinski definition) is 1. The SMILES string of the molecule is Cc1cc(OCC(C)(C)O)ccc1-c1nnc(Cc2ccc(Cl)c(Oc3cc(Cl)cc(C#N)c3)c2F)o1. The van der Waals surface area contributed by atoms with Crippen molar-refractivity contribution < 1.29 is 23.4 Å². The number of ether oxygens (including phenoxy) is 2. The number of nitriles is 1. The fourth-order valence-corrected chi connectivity index (χ4v) is 3.84. The van der Waals surface area contributed by atoms with Crippen LogP contribution in [0.5, 0.6) is 17.2 Å². The zero-order chi connectivity index (χ0) is 26.7. The molecule has 0 aliphatic carbocycles. The van der Waals surface area contributed by atoms with E-state index in [2.05, 4.69) is 10.2 Å². The molecule has 7 nitrogen and oxygen atoms in total. The van der Waals surface area contributed by atoms with Gasteiger partial charge in [0.05, 0.1) is 28.7 Å². The Morgan fingerprint density at radius 2 is 1.86 bits per heavy atom. The number of halogens is 3. The molecule has 0 unspecified atom stereocenters. The van der Waals surface area contributed by atoms with Crippen LogP contribution in [-0.2, 0) is 6.42 Å². The zero-order valence-electron chi connectivity index (χ0n) is 20.2. The molecule has 10 heteroatoms. The third-order valence-corrected chi connectivity index (χ3v) is 5.69. The molecule has 0 saturated heterocycles. The van der Waals surface area contributed by atoms with Gasteiger partial charge in [0.1, 0.15) is 18.1 Å². The number of nitrogens with zero attached hydrogens (tertiary/aromatic N) is 3. The van der Waals surface area contributed by atoms with Gasteiger partial charge in [0, 0.05) is 16.1 Å². The summed E-state index contributed by atoms with van der Waals surface area (Å²) in [6.45, 7) is 5.33. The van der Waals surface area contributed by atoms with Crippen LogP contribution in [-0.4, -0.2) is 27.5 Å². The van der Waals surface area contributed by atoms with Crippen LogP contribution in [0.1, 0.15) is 36.4 Å². The first-order valence-electron chi connectivity index (χ1n) is 11.2. The van der Waals surface area contributed by atoms with Crippen LogP contribution < -0.4 is 9.47 Å². The molecule has 1 N–H and O–H groups in total. The summed E-state index contributed by atoms with van der Waals surface area (Å²) >= 11 is 12.2. The Labute approximate surface area is 223 Å². The molecule has 4 rings (SSSR count). The highest BCUT2D eigenvalue weighted by Gasteiger charge is 2.19. The summed E-state index contributed by atoms with van der Waals surface area (Å²) in [7, 11) is 0. The molecule has 0 radical (unpaired) electrons. The van der Waals surface area contributed by atoms with Crippen LogP contribution in [0.15, 0.2) is 52.9 Å². The third kappa shape index (κ3) is 6.57. The van der Waals surface area contributed by atoms with E-state index in [1.54, 1.807) is 32.0 Å². The first-order valence-corrected chi connectivity index (χ1v) is 11.9. The maximum absolute atomic E-state index is 15.4. The minimum Gasteiger partial charge on any atom is -0.491 e. The van der Waals surface area contributed by atoms with Crippen molar-refractivity contribution in [1.29, 1.82) is 5.26 Å². The van der Waals surface area contributed by atoms with Gasteiger partial charge < -0.3 is 19.0 Å². The number of aryl methyl sites for hydroxylation is 1. The fourth-order valence-electron chi connectivity index (χ4n) is 3.43. The van der Waals surface area contributed by atoms with Crippen molar-refractivity contribution in [2.45, 2.75) is 32.8 Å². The summed E-state index contributed by atoms with van der Waals surface area (Å²) in [4.78, 5) is 0. The maximum atomic E-state index is 15.4. The highest BCUT2D eigenvalue weighted by atomic mass is 35.5. The lowest BCUT2D eigenvalue weighted by Crippen LogP contribution is -2.27. The Morgan fingerprint density at radius 3 is 2.57 bits per heavy atom. The molecule has 1 aromatic heterocycles. The van der Waals surface area contributed by atoms with Crippen molar-refractivity contribution in [2.24, 2.45) is 0 Å². The van der Waals surface area contributed by atoms with Crippen LogP contribution in [0.2, 0.25) is 10.0 Å². The minimum atomic E-state index is -0.955. The van der Waals surface area contributed by atoms with E-state index >= 15 is 4.39 Å². The van der Waals surface area contributed by atoms with Crippen LogP contribution in [0, 0.1) is 24.1 Å². The van der Waals surface area contributed by atoms with Gasteiger partial charge in [0.25, 0.3) is 0 Å². The maximum Gasteiger partial charge on any atom is 0.248 e. The van der Waals surface area contributed by atoms with Gasteiger partial charge in [-0.1, -0.05) is 29.3 Å². The lowest BCUT2D eigenvalue weighted by atomic mass is 10.1. The molecule has 37 heavy (non-hydrogen) atoms. The summed E-state index contributed by atoms with van der Waals surface area (Å²) in [6, 6.07) is 14.7. The monoisotopic (exact) mass is 541 g/mol. The molecule has 190 valence electrons. The smallest absolute Gasteiger partial charge is 0.248 e. The van der Waals surface area contributed by atoms with Crippen molar-refractivity contribution >= 4 is 23.2 Å². The Balaban J connectivity index is 1.54. The predicted octanol–water partition coefficient (Wildman–Crippen LogP) is 6.90. The van der Waals surface area contributed by atoms with Crippen molar-refractivity contribution in [1.82, 2.24) is 10.2 Å². The van der Waals surface area contributed by atoms with E-state index in [1.165, 1.54) is 30.3 Å². The fraction of sp³-hybridized carbons (Fsp3) is 0.222. The molecule has 0 amide bonds. The second kappa shape index (κ2) is 10.8. The standard InChI is InChI=1S/C27H22Cl2FN3O4/c1-15-8-19(35-14-27(2,3)34)5-6-21(15)26-33-32-23(37-26)11-17-4-7-22(29)25(24(17)30)36-20-10-16(13-31)9-18(28)12-20/h4-10,12,34H,11,14H2,1-3H3. The molecular weight excluding hydrogens is 520 g/mol. The Kier molecular flexibility index (Phi) is 7.69. The second-order valence-electron chi connectivity index (χ2n) is 8.99. The Hall–Kier alpha value is -3.64. The molecule has 0 fully saturated rings. The van der Waals surface area contributed by atoms with Crippen molar-refractivity contribution in [2.75, 3.05) is 6.61 Å². The lowest BCUT2D eigenvalue weighted by Gasteiger charge is -2.18. The summed E-state index contributed by atoms with van der Waals surface area (Å²) in [5.41, 5.74) is 1.06. The van der Waals surface area contributed by atoms with Crippen LogP contribution in [0.4, 0.5) is 4.39 Å². The quantitative estimate of drug-likeness (QED) is 0.259. The molecule has 1 heterocycles. The average molecular weight is 542 g/mol. The van der Waals surface area contributed by atoms with Gasteiger partial charge in [-0.2, -0.15) is 5.26 Å². The van der Waals surface area contributed by atoms with Crippen molar-refractivity contribution in [3.8, 4) is 34.8 Å². The summed E-state index contributed by atoms with van der Waals surface area (Å²) in [5.74, 6) is 0.333. The first-order chi connectivity index (χ1) is 17.5. The van der Waals surface area contributed by atoms with E-state index in [-0.39, 0.29) is 57.5 Å². The number of aliphatic hydroxyl groups is 1. The third-order valence-electron chi connectivity index (χ3n) is 5.18. The van der Waals surface area contributed by atoms with E-state index in [9.17, 15) is 5.11 Å². The first kappa shape index (κ1) is 26.4. The number of hydrogen-bond acceptors (Lipinski definition) is 7. The molecule has 0 saturated carbocycles. The lowest BCUT2D eigenvalue weighted by molar-refractivity contribution is 0.0285. The summed E-state index contributed by atoms with van der Waals surface area (Å²) in [5, 5.41) is 27.5. The van der Waals surface area contributed by atoms with Crippen LogP contribution in [0.3, 0.4) is 0 Å². The van der Waals surface area contributed by atoms with Gasteiger partial charge in [-0.15, -0.1) is 10.2 Å². The van der Waals surface area contributed by atoms with E-state index in [0.29, 0.717) is 11.3 Å². The molecule has 3 aromatic carbocycles. The summed E-state index contributed by atoms with van der Waals surface area (Å²) < 4.78 is 32.4. The van der Waals surface area contributed by atoms with Crippen LogP contribution in [0.25, 0.3) is 11.5 Å². The van der Waals surface area contributed by atoms with E-state index < -0.39 is 11.4 Å². The predicted molar refractivity (Wildman–Crippen MR) is 137 cm³/mol. The van der Waals surface area contributed by atoms with Crippen molar-refractivity contribution in [3.05, 3.63) is 87.0 Å². The summed E-state index contributed by atoms with van der Waals surface area (Å²) in [6.07, 6.45) is -0.00280. The Morgan fingerprint density at radius 1 is 1.08 bits per heavy atom. The number of aromatic nitrogens is 2. The minimum absolute atomic E-state index is 0.00280. The van der Waals surface area contributed by atoms with Gasteiger partial charge in [-0.25, -0.2) is 4.39 Å². The molecule has 0 aliphatic heterocycles. The molecular formula is C27H22Cl2FN3O4. The number of rotatable bonds is 8. The second-order valence-corrected chi connectivity index (χ2v) is 9.84. The molecule has 0 aliphatic rings. The normalized spacial score (nSPS) is 11.3. The van der Waals surface area contributed by atoms with E-state index in [1.807, 2.05) is 13.0 Å². The highest BCUT2D eigenvalue weighted by Crippen LogP contribution is 2.36. The van der Waals surface area contributed by atoms with Gasteiger partial charge in [-0.05, 0) is 68.8 Å². The van der Waals surface area contributed by atoms with Crippen molar-refractivity contribution in [3.63, 3.8) is 0 Å². The number of benzene rings is 3. The van der Waals surface area contributed by atoms with E-state index in [4.69, 9.17) is 42.4 Å². The molecule has 0 spiro atoms. The Bertz CT molecular complexity index is 1490. The molecule has 0 bridgehead atoms. The van der Waals surface area contributed by atoms with Gasteiger partial charge in [0.2, 0.25) is 11.8 Å². The topological polar surface area (TPSA) is 101 Å². The molecule has 4 aromatic rings. The van der Waals surface area contributed by atoms with Gasteiger partial charge in [0.15, 0.2) is 11.6 Å². The zero-order valence-corrected chi connectivity index (χ0v) is 21.7. The largest absolute Gasteiger partial charge is 0.491 e. The van der Waals surface area contributed by atoms with Gasteiger partial charge in [-0.3, -0.25) is 0 Å². The average Bonchev–Trinajstić information content (AvgIpc) is 3.29.